The van der Waals surface area contributed by atoms with E-state index in [0.717, 1.165) is 19.5 Å². The standard InChI is InChI=1S/C12H25N3O/c1-10(2)9-11(13)12(16)14-5-8-15-6-3-4-7-15/h10-11H,3-9,13H2,1-2H3,(H,14,16). The summed E-state index contributed by atoms with van der Waals surface area (Å²) < 4.78 is 0. The van der Waals surface area contributed by atoms with Crippen LogP contribution in [0.4, 0.5) is 0 Å². The van der Waals surface area contributed by atoms with E-state index in [1.54, 1.807) is 0 Å². The van der Waals surface area contributed by atoms with Crippen molar-refractivity contribution < 1.29 is 4.79 Å². The lowest BCUT2D eigenvalue weighted by atomic mass is 10.0. The number of amides is 1. The Bertz CT molecular complexity index is 212. The number of carbonyl (C=O) groups is 1. The number of carbonyl (C=O) groups excluding carboxylic acids is 1. The topological polar surface area (TPSA) is 58.4 Å². The summed E-state index contributed by atoms with van der Waals surface area (Å²) in [6.45, 7) is 8.20. The molecule has 1 aliphatic heterocycles. The van der Waals surface area contributed by atoms with E-state index < -0.39 is 0 Å². The summed E-state index contributed by atoms with van der Waals surface area (Å²) in [7, 11) is 0. The van der Waals surface area contributed by atoms with E-state index in [-0.39, 0.29) is 11.9 Å². The molecule has 1 rings (SSSR count). The van der Waals surface area contributed by atoms with E-state index in [9.17, 15) is 4.79 Å². The second kappa shape index (κ2) is 6.86. The molecule has 1 amide bonds. The Balaban J connectivity index is 2.09. The van der Waals surface area contributed by atoms with Crippen molar-refractivity contribution in [3.05, 3.63) is 0 Å². The van der Waals surface area contributed by atoms with Gasteiger partial charge in [0.05, 0.1) is 6.04 Å². The molecule has 3 N–H and O–H groups in total. The van der Waals surface area contributed by atoms with Gasteiger partial charge in [-0.25, -0.2) is 0 Å². The van der Waals surface area contributed by atoms with Gasteiger partial charge in [0.15, 0.2) is 0 Å². The van der Waals surface area contributed by atoms with Gasteiger partial charge in [-0.05, 0) is 38.3 Å². The van der Waals surface area contributed by atoms with Crippen molar-refractivity contribution in [3.63, 3.8) is 0 Å². The fraction of sp³-hybridized carbons (Fsp3) is 0.917. The van der Waals surface area contributed by atoms with E-state index in [4.69, 9.17) is 5.73 Å². The molecule has 0 aromatic carbocycles. The van der Waals surface area contributed by atoms with Crippen molar-refractivity contribution >= 4 is 5.91 Å². The number of nitrogens with one attached hydrogen (secondary N) is 1. The maximum Gasteiger partial charge on any atom is 0.236 e. The minimum atomic E-state index is -0.349. The van der Waals surface area contributed by atoms with E-state index in [0.29, 0.717) is 5.92 Å². The summed E-state index contributed by atoms with van der Waals surface area (Å²) >= 11 is 0. The average Bonchev–Trinajstić information content (AvgIpc) is 2.69. The van der Waals surface area contributed by atoms with Gasteiger partial charge in [0.25, 0.3) is 0 Å². The molecule has 0 aliphatic carbocycles. The van der Waals surface area contributed by atoms with Gasteiger partial charge >= 0.3 is 0 Å². The molecule has 1 fully saturated rings. The van der Waals surface area contributed by atoms with Crippen molar-refractivity contribution in [3.8, 4) is 0 Å². The Hall–Kier alpha value is -0.610. The summed E-state index contributed by atoms with van der Waals surface area (Å²) in [6, 6.07) is -0.349. The number of likely N-dealkylation sites (tertiary alicyclic amines) is 1. The fourth-order valence-corrected chi connectivity index (χ4v) is 2.09. The fourth-order valence-electron chi connectivity index (χ4n) is 2.09. The van der Waals surface area contributed by atoms with Gasteiger partial charge in [-0.2, -0.15) is 0 Å². The Morgan fingerprint density at radius 3 is 2.56 bits per heavy atom. The highest BCUT2D eigenvalue weighted by Gasteiger charge is 2.15. The highest BCUT2D eigenvalue weighted by atomic mass is 16.2. The number of nitrogens with zero attached hydrogens (tertiary/aromatic N) is 1. The first-order valence-corrected chi connectivity index (χ1v) is 6.35. The molecule has 1 atom stereocenters. The third kappa shape index (κ3) is 4.94. The zero-order valence-electron chi connectivity index (χ0n) is 10.5. The Kier molecular flexibility index (Phi) is 5.77. The molecule has 1 unspecified atom stereocenters. The average molecular weight is 227 g/mol. The van der Waals surface area contributed by atoms with Crippen LogP contribution in [0, 0.1) is 5.92 Å². The highest BCUT2D eigenvalue weighted by Crippen LogP contribution is 2.05. The van der Waals surface area contributed by atoms with Crippen LogP contribution in [0.2, 0.25) is 0 Å². The van der Waals surface area contributed by atoms with Crippen LogP contribution in [0.15, 0.2) is 0 Å². The quantitative estimate of drug-likeness (QED) is 0.697. The first kappa shape index (κ1) is 13.5. The second-order valence-electron chi connectivity index (χ2n) is 5.08. The molecule has 0 aromatic rings. The molecule has 1 saturated heterocycles. The zero-order chi connectivity index (χ0) is 12.0. The number of hydrogen-bond acceptors (Lipinski definition) is 3. The monoisotopic (exact) mass is 227 g/mol. The van der Waals surface area contributed by atoms with Gasteiger partial charge in [-0.15, -0.1) is 0 Å². The van der Waals surface area contributed by atoms with Gasteiger partial charge in [-0.1, -0.05) is 13.8 Å². The van der Waals surface area contributed by atoms with Gasteiger partial charge in [-0.3, -0.25) is 4.79 Å². The number of nitrogens with two attached hydrogens (primary N) is 1. The molecule has 1 heterocycles. The molecular formula is C12H25N3O. The molecule has 1 aliphatic rings. The van der Waals surface area contributed by atoms with Crippen LogP contribution < -0.4 is 11.1 Å². The summed E-state index contributed by atoms with van der Waals surface area (Å²) in [5, 5.41) is 2.91. The maximum atomic E-state index is 11.6. The lowest BCUT2D eigenvalue weighted by molar-refractivity contribution is -0.122. The molecule has 4 heteroatoms. The lowest BCUT2D eigenvalue weighted by Gasteiger charge is -2.17. The molecule has 94 valence electrons. The summed E-state index contributed by atoms with van der Waals surface area (Å²) in [5.74, 6) is 0.465. The third-order valence-corrected chi connectivity index (χ3v) is 2.99. The lowest BCUT2D eigenvalue weighted by Crippen LogP contribution is -2.43. The zero-order valence-corrected chi connectivity index (χ0v) is 10.5. The first-order chi connectivity index (χ1) is 7.59. The predicted molar refractivity (Wildman–Crippen MR) is 66.1 cm³/mol. The molecule has 0 aromatic heterocycles. The van der Waals surface area contributed by atoms with Crippen molar-refractivity contribution in [2.45, 2.75) is 39.2 Å². The molecule has 0 spiro atoms. The van der Waals surface area contributed by atoms with E-state index in [1.165, 1.54) is 25.9 Å². The molecule has 4 nitrogen and oxygen atoms in total. The molecular weight excluding hydrogens is 202 g/mol. The van der Waals surface area contributed by atoms with Crippen molar-refractivity contribution in [1.82, 2.24) is 10.2 Å². The van der Waals surface area contributed by atoms with Crippen molar-refractivity contribution in [2.24, 2.45) is 11.7 Å². The normalized spacial score (nSPS) is 19.0. The van der Waals surface area contributed by atoms with E-state index in [1.807, 2.05) is 0 Å². The van der Waals surface area contributed by atoms with Crippen LogP contribution in [0.25, 0.3) is 0 Å². The van der Waals surface area contributed by atoms with Crippen molar-refractivity contribution in [2.75, 3.05) is 26.2 Å². The molecule has 16 heavy (non-hydrogen) atoms. The highest BCUT2D eigenvalue weighted by molar-refractivity contribution is 5.81. The van der Waals surface area contributed by atoms with Crippen LogP contribution in [0.3, 0.4) is 0 Å². The summed E-state index contributed by atoms with van der Waals surface area (Å²) in [5.41, 5.74) is 5.79. The minimum absolute atomic E-state index is 0.00658. The van der Waals surface area contributed by atoms with Crippen LogP contribution in [-0.4, -0.2) is 43.0 Å². The van der Waals surface area contributed by atoms with Gasteiger partial charge in [0.2, 0.25) is 5.91 Å². The first-order valence-electron chi connectivity index (χ1n) is 6.35. The van der Waals surface area contributed by atoms with Gasteiger partial charge in [0, 0.05) is 13.1 Å². The Labute approximate surface area is 98.6 Å². The van der Waals surface area contributed by atoms with Crippen LogP contribution >= 0.6 is 0 Å². The van der Waals surface area contributed by atoms with Gasteiger partial charge in [0.1, 0.15) is 0 Å². The van der Waals surface area contributed by atoms with E-state index in [2.05, 4.69) is 24.1 Å². The third-order valence-electron chi connectivity index (χ3n) is 2.99. The predicted octanol–water partition coefficient (Wildman–Crippen LogP) is 0.572. The van der Waals surface area contributed by atoms with Gasteiger partial charge < -0.3 is 16.0 Å². The van der Waals surface area contributed by atoms with Crippen LogP contribution in [0.5, 0.6) is 0 Å². The number of hydrogen-bond donors (Lipinski definition) is 2. The minimum Gasteiger partial charge on any atom is -0.353 e. The summed E-state index contributed by atoms with van der Waals surface area (Å²) in [4.78, 5) is 14.0. The second-order valence-corrected chi connectivity index (χ2v) is 5.08. The summed E-state index contributed by atoms with van der Waals surface area (Å²) in [6.07, 6.45) is 3.34. The van der Waals surface area contributed by atoms with Crippen LogP contribution in [-0.2, 0) is 4.79 Å². The Morgan fingerprint density at radius 2 is 2.00 bits per heavy atom. The smallest absolute Gasteiger partial charge is 0.236 e. The van der Waals surface area contributed by atoms with Crippen molar-refractivity contribution in [1.29, 1.82) is 0 Å². The molecule has 0 bridgehead atoms. The number of rotatable bonds is 6. The van der Waals surface area contributed by atoms with E-state index >= 15 is 0 Å². The largest absolute Gasteiger partial charge is 0.353 e. The Morgan fingerprint density at radius 1 is 1.38 bits per heavy atom. The molecule has 0 radical (unpaired) electrons. The van der Waals surface area contributed by atoms with Crippen LogP contribution in [0.1, 0.15) is 33.1 Å². The maximum absolute atomic E-state index is 11.6. The molecule has 0 saturated carbocycles. The SMILES string of the molecule is CC(C)CC(N)C(=O)NCCN1CCCC1.